The van der Waals surface area contributed by atoms with E-state index in [1.54, 1.807) is 313 Å². The molecule has 1 N–H and O–H groups in total. The van der Waals surface area contributed by atoms with Crippen LogP contribution in [0.4, 0.5) is 0 Å². The van der Waals surface area contributed by atoms with Crippen molar-refractivity contribution in [2.24, 2.45) is 11.8 Å². The highest BCUT2D eigenvalue weighted by atomic mass is 16.3. The summed E-state index contributed by atoms with van der Waals surface area (Å²) in [6.07, 6.45) is 4.77. The van der Waals surface area contributed by atoms with E-state index in [0.29, 0.717) is 0 Å². The smallest absolute Gasteiger partial charge is 0.0689 e. The molecule has 34 rings (SSSR count). The minimum absolute atomic E-state index is 0.0400. The van der Waals surface area contributed by atoms with E-state index in [9.17, 15) is 5.11 Å². The molecule has 0 saturated heterocycles. The summed E-state index contributed by atoms with van der Waals surface area (Å²) in [5, 5.41) is 102. The minimum atomic E-state index is -0.412. The molecule has 3 atom stereocenters. The van der Waals surface area contributed by atoms with Gasteiger partial charge in [0.1, 0.15) is 0 Å². The van der Waals surface area contributed by atoms with Crippen LogP contribution in [0.25, 0.3) is 291 Å². The van der Waals surface area contributed by atoms with Gasteiger partial charge in [0.25, 0.3) is 0 Å². The molecule has 1 heteroatoms. The van der Waals surface area contributed by atoms with Gasteiger partial charge in [0.2, 0.25) is 0 Å². The average molecular weight is 803 g/mol. The highest BCUT2D eigenvalue weighted by molar-refractivity contribution is 6.82. The molecule has 28 aromatic carbocycles. The molecular weight excluding hydrogens is 797 g/mol. The molecule has 6 aliphatic rings. The van der Waals surface area contributed by atoms with Gasteiger partial charge in [-0.2, -0.15) is 0 Å². The molecule has 0 aromatic heterocycles. The fraction of sp³-hybridized carbons (Fsp3) is 0.0769. The second-order valence-electron chi connectivity index (χ2n) is 25.3. The fourth-order valence-electron chi connectivity index (χ4n) is 26.0. The number of hydrogen-bond acceptors (Lipinski definition) is 1. The Kier molecular flexibility index (Phi) is 1.78. The zero-order chi connectivity index (χ0) is 38.6. The SMILES string of the molecule is OC1[C@H]2C=C[C@@H]1C13c4c5c6c7c8c9c(c%10c%11c1c1c4c4c%12c5c5c6c6c8c8c%13c9c9c%10c%10c%11c%11c1c1c4c4c%12c%12c5c5c6c8c6c8c%13c9c9c%10c%10c%11c1c1c4c4c%12c5c6c5c8c9c%10c1c45)C723. The Morgan fingerprint density at radius 1 is 0.182 bits per heavy atom. The first-order valence-corrected chi connectivity index (χ1v) is 25.0. The lowest BCUT2D eigenvalue weighted by Crippen LogP contribution is -2.54. The van der Waals surface area contributed by atoms with Crippen molar-refractivity contribution in [1.29, 1.82) is 0 Å². The van der Waals surface area contributed by atoms with E-state index in [4.69, 9.17) is 0 Å². The lowest BCUT2D eigenvalue weighted by atomic mass is 9.45. The maximum absolute atomic E-state index is 13.6. The van der Waals surface area contributed by atoms with Gasteiger partial charge in [0.05, 0.1) is 6.10 Å². The summed E-state index contributed by atoms with van der Waals surface area (Å²) in [5.74, 6) is 0.0801. The third-order valence-corrected chi connectivity index (χ3v) is 25.7. The van der Waals surface area contributed by atoms with Gasteiger partial charge in [-0.25, -0.2) is 0 Å². The molecule has 66 heavy (non-hydrogen) atoms. The summed E-state index contributed by atoms with van der Waals surface area (Å²) in [4.78, 5) is 0. The Balaban J connectivity index is 1.26. The van der Waals surface area contributed by atoms with Gasteiger partial charge < -0.3 is 5.11 Å². The van der Waals surface area contributed by atoms with Crippen LogP contribution in [0, 0.1) is 11.8 Å². The third kappa shape index (κ3) is 1.12. The number of aliphatic hydroxyl groups excluding tert-OH is 1. The van der Waals surface area contributed by atoms with Crippen molar-refractivity contribution < 1.29 is 5.11 Å². The number of aliphatic hydroxyl groups is 1. The second-order valence-corrected chi connectivity index (χ2v) is 25.3. The molecular formula is C65H6O. The van der Waals surface area contributed by atoms with Gasteiger partial charge in [0.15, 0.2) is 0 Å². The van der Waals surface area contributed by atoms with Crippen LogP contribution in [-0.2, 0) is 10.8 Å². The van der Waals surface area contributed by atoms with E-state index in [1.165, 1.54) is 0 Å². The summed E-state index contributed by atoms with van der Waals surface area (Å²) < 4.78 is 0. The molecule has 0 radical (unpaired) electrons. The number of rotatable bonds is 0. The van der Waals surface area contributed by atoms with Gasteiger partial charge in [-0.15, -0.1) is 0 Å². The first kappa shape index (κ1) is 23.4. The molecule has 2 spiro atoms. The van der Waals surface area contributed by atoms with Crippen LogP contribution in [0.3, 0.4) is 0 Å². The quantitative estimate of drug-likeness (QED) is 0.120. The summed E-state index contributed by atoms with van der Waals surface area (Å²) in [6.45, 7) is 0. The molecule has 1 fully saturated rings. The lowest BCUT2D eigenvalue weighted by Gasteiger charge is -2.55. The van der Waals surface area contributed by atoms with Gasteiger partial charge in [0, 0.05) is 22.7 Å². The molecule has 28 aromatic rings. The van der Waals surface area contributed by atoms with Gasteiger partial charge >= 0.3 is 0 Å². The molecule has 1 saturated carbocycles. The summed E-state index contributed by atoms with van der Waals surface area (Å²) in [6, 6.07) is 0. The summed E-state index contributed by atoms with van der Waals surface area (Å²) in [5.41, 5.74) is 6.05. The predicted molar refractivity (Wildman–Crippen MR) is 276 cm³/mol. The maximum Gasteiger partial charge on any atom is 0.0689 e. The van der Waals surface area contributed by atoms with Gasteiger partial charge in [-0.1, -0.05) is 12.2 Å². The monoisotopic (exact) mass is 802 g/mol. The van der Waals surface area contributed by atoms with Crippen molar-refractivity contribution in [2.45, 2.75) is 16.9 Å². The normalized spacial score (nSPS) is 27.1. The van der Waals surface area contributed by atoms with Gasteiger partial charge in [-0.05, 0) is 313 Å². The van der Waals surface area contributed by atoms with E-state index in [-0.39, 0.29) is 22.7 Å². The Morgan fingerprint density at radius 3 is 0.409 bits per heavy atom. The molecule has 1 nitrogen and oxygen atoms in total. The zero-order valence-corrected chi connectivity index (χ0v) is 33.3. The van der Waals surface area contributed by atoms with E-state index >= 15 is 0 Å². The highest BCUT2D eigenvalue weighted by Gasteiger charge is 2.80. The second kappa shape index (κ2) is 5.04. The van der Waals surface area contributed by atoms with Gasteiger partial charge in [-0.3, -0.25) is 0 Å². The van der Waals surface area contributed by atoms with Crippen molar-refractivity contribution in [3.8, 4) is 0 Å². The van der Waals surface area contributed by atoms with Crippen LogP contribution in [-0.4, -0.2) is 11.2 Å². The van der Waals surface area contributed by atoms with Crippen LogP contribution < -0.4 is 0 Å². The molecule has 0 aliphatic heterocycles. The number of benzene rings is 18. The summed E-state index contributed by atoms with van der Waals surface area (Å²) >= 11 is 0. The number of fused-ring (bicyclic) bond motifs is 2. The van der Waals surface area contributed by atoms with Crippen molar-refractivity contribution >= 4 is 291 Å². The Labute approximate surface area is 357 Å². The Morgan fingerprint density at radius 2 is 0.288 bits per heavy atom. The largest absolute Gasteiger partial charge is 0.392 e. The molecule has 0 amide bonds. The Hall–Kier alpha value is -7.84. The van der Waals surface area contributed by atoms with Crippen LogP contribution in [0.1, 0.15) is 22.3 Å². The van der Waals surface area contributed by atoms with Crippen molar-refractivity contribution in [1.82, 2.24) is 0 Å². The lowest BCUT2D eigenvalue weighted by molar-refractivity contribution is 0.127. The topological polar surface area (TPSA) is 20.2 Å². The van der Waals surface area contributed by atoms with Crippen molar-refractivity contribution in [3.63, 3.8) is 0 Å². The standard InChI is InChI=1S/C65H6O/c66-63-3-1-2-4(63)65-61-53-45-35-25-17-9-6-5-7-11-13(9)21-27-19(11)29-23-15(7)16-8(5)12-14-10(6)18(17)26-32-22(14)28-20(12)30-24(16)34-33(23)43-37(29)47-41(27)49(39(45)31(21)25)57(61)55(47)59-51(43)52-44(34)38(30)48-42(28)50-40(32)46(36(26)35)54(53)62(65)58(50)56(48)60(52)64(3,59)65/h1-4,63,66H/t3-,4+,63?,64?,65?. The van der Waals surface area contributed by atoms with E-state index in [2.05, 4.69) is 12.2 Å². The highest BCUT2D eigenvalue weighted by Crippen LogP contribution is 2.88. The van der Waals surface area contributed by atoms with E-state index in [1.807, 2.05) is 0 Å². The average Bonchev–Trinajstić information content (AvgIpc) is 4.15. The van der Waals surface area contributed by atoms with Crippen LogP contribution >= 0.6 is 0 Å². The van der Waals surface area contributed by atoms with Crippen molar-refractivity contribution in [3.05, 3.63) is 34.4 Å². The summed E-state index contributed by atoms with van der Waals surface area (Å²) in [7, 11) is 0. The molecule has 6 aliphatic carbocycles. The van der Waals surface area contributed by atoms with Crippen LogP contribution in [0.5, 0.6) is 0 Å². The molecule has 1 unspecified atom stereocenters. The first-order chi connectivity index (χ1) is 32.9. The molecule has 2 bridgehead atoms. The van der Waals surface area contributed by atoms with Crippen LogP contribution in [0.2, 0.25) is 0 Å². The minimum Gasteiger partial charge on any atom is -0.392 e. The van der Waals surface area contributed by atoms with E-state index < -0.39 is 6.10 Å². The Bertz CT molecular complexity index is 6550. The molecule has 272 valence electrons. The zero-order valence-electron chi connectivity index (χ0n) is 33.3. The maximum atomic E-state index is 13.6. The predicted octanol–water partition coefficient (Wildman–Crippen LogP) is 16.5. The molecule has 0 heterocycles. The van der Waals surface area contributed by atoms with E-state index in [0.717, 1.165) is 0 Å². The van der Waals surface area contributed by atoms with Crippen molar-refractivity contribution in [2.75, 3.05) is 0 Å². The number of hydrogen-bond donors (Lipinski definition) is 1. The van der Waals surface area contributed by atoms with Crippen LogP contribution in [0.15, 0.2) is 12.2 Å². The third-order valence-electron chi connectivity index (χ3n) is 25.7. The fourth-order valence-corrected chi connectivity index (χ4v) is 26.0. The first-order valence-electron chi connectivity index (χ1n) is 25.0.